The maximum atomic E-state index is 11.9. The molecule has 2 aromatic rings. The quantitative estimate of drug-likeness (QED) is 0.852. The van der Waals surface area contributed by atoms with Crippen LogP contribution in [0.1, 0.15) is 15.9 Å². The highest BCUT2D eigenvalue weighted by Crippen LogP contribution is 2.22. The van der Waals surface area contributed by atoms with Crippen molar-refractivity contribution >= 4 is 23.3 Å². The second kappa shape index (κ2) is 7.94. The van der Waals surface area contributed by atoms with Gasteiger partial charge in [0.05, 0.1) is 23.2 Å². The molecule has 0 saturated heterocycles. The van der Waals surface area contributed by atoms with Crippen molar-refractivity contribution < 1.29 is 9.90 Å². The summed E-state index contributed by atoms with van der Waals surface area (Å²) < 4.78 is 0. The fraction of sp³-hybridized carbons (Fsp3) is 0.294. The minimum absolute atomic E-state index is 0.0503. The van der Waals surface area contributed by atoms with Gasteiger partial charge in [0.1, 0.15) is 5.82 Å². The first kappa shape index (κ1) is 17.2. The lowest BCUT2D eigenvalue weighted by molar-refractivity contribution is 0.0827. The zero-order valence-corrected chi connectivity index (χ0v) is 13.9. The number of anilines is 1. The number of aromatic nitrogens is 1. The average Bonchev–Trinajstić information content (AvgIpc) is 2.56. The third-order valence-corrected chi connectivity index (χ3v) is 3.67. The van der Waals surface area contributed by atoms with Crippen molar-refractivity contribution in [2.75, 3.05) is 26.0 Å². The van der Waals surface area contributed by atoms with Crippen LogP contribution in [0.4, 0.5) is 5.82 Å². The fourth-order valence-corrected chi connectivity index (χ4v) is 2.39. The molecule has 1 atom stereocenters. The Kier molecular flexibility index (Phi) is 5.96. The summed E-state index contributed by atoms with van der Waals surface area (Å²) in [5, 5.41) is 13.0. The molecule has 1 amide bonds. The van der Waals surface area contributed by atoms with Crippen molar-refractivity contribution in [3.63, 3.8) is 0 Å². The summed E-state index contributed by atoms with van der Waals surface area (Å²) in [6.07, 6.45) is 2.13. The zero-order valence-electron chi connectivity index (χ0n) is 13.2. The van der Waals surface area contributed by atoms with Crippen LogP contribution in [-0.4, -0.2) is 47.6 Å². The van der Waals surface area contributed by atoms with Crippen LogP contribution in [0.15, 0.2) is 42.6 Å². The first-order valence-electron chi connectivity index (χ1n) is 7.29. The molecule has 1 aromatic heterocycles. The van der Waals surface area contributed by atoms with Gasteiger partial charge in [0.25, 0.3) is 5.91 Å². The van der Waals surface area contributed by atoms with Gasteiger partial charge in [-0.05, 0) is 18.1 Å². The lowest BCUT2D eigenvalue weighted by Gasteiger charge is -2.18. The van der Waals surface area contributed by atoms with Gasteiger partial charge in [0, 0.05) is 20.3 Å². The molecule has 0 aliphatic rings. The van der Waals surface area contributed by atoms with Gasteiger partial charge < -0.3 is 15.3 Å². The predicted octanol–water partition coefficient (Wildman–Crippen LogP) is 2.45. The first-order valence-corrected chi connectivity index (χ1v) is 7.67. The van der Waals surface area contributed by atoms with Crippen LogP contribution < -0.4 is 5.32 Å². The maximum absolute atomic E-state index is 11.9. The number of carbonyl (C=O) groups is 1. The van der Waals surface area contributed by atoms with Crippen molar-refractivity contribution in [2.24, 2.45) is 0 Å². The molecule has 0 aliphatic heterocycles. The Morgan fingerprint density at radius 2 is 2.04 bits per heavy atom. The van der Waals surface area contributed by atoms with Crippen molar-refractivity contribution in [1.82, 2.24) is 9.88 Å². The Hall–Kier alpha value is -2.11. The maximum Gasteiger partial charge on any atom is 0.254 e. The lowest BCUT2D eigenvalue weighted by Crippen LogP contribution is -2.27. The number of nitrogens with one attached hydrogen (secondary N) is 1. The molecule has 6 heteroatoms. The number of carbonyl (C=O) groups excluding carboxylic acids is 1. The number of nitrogens with zero attached hydrogens (tertiary/aromatic N) is 2. The Balaban J connectivity index is 2.10. The van der Waals surface area contributed by atoms with Crippen LogP contribution in [-0.2, 0) is 6.42 Å². The van der Waals surface area contributed by atoms with Crippen molar-refractivity contribution in [1.29, 1.82) is 0 Å². The Morgan fingerprint density at radius 3 is 2.61 bits per heavy atom. The topological polar surface area (TPSA) is 65.5 Å². The number of amides is 1. The molecular weight excluding hydrogens is 314 g/mol. The van der Waals surface area contributed by atoms with E-state index in [1.165, 1.54) is 11.1 Å². The smallest absolute Gasteiger partial charge is 0.254 e. The summed E-state index contributed by atoms with van der Waals surface area (Å²) >= 11 is 6.20. The van der Waals surface area contributed by atoms with Crippen LogP contribution in [0.3, 0.4) is 0 Å². The number of aliphatic hydroxyl groups excluding tert-OH is 1. The molecule has 0 fully saturated rings. The van der Waals surface area contributed by atoms with E-state index in [9.17, 15) is 9.90 Å². The molecule has 0 bridgehead atoms. The van der Waals surface area contributed by atoms with Gasteiger partial charge >= 0.3 is 0 Å². The molecule has 0 spiro atoms. The average molecular weight is 334 g/mol. The normalized spacial score (nSPS) is 11.8. The first-order chi connectivity index (χ1) is 11.0. The van der Waals surface area contributed by atoms with E-state index >= 15 is 0 Å². The van der Waals surface area contributed by atoms with E-state index in [1.54, 1.807) is 20.2 Å². The van der Waals surface area contributed by atoms with E-state index in [1.807, 2.05) is 30.3 Å². The number of benzene rings is 1. The van der Waals surface area contributed by atoms with Gasteiger partial charge in [-0.15, -0.1) is 0 Å². The number of hydrogen-bond acceptors (Lipinski definition) is 4. The summed E-state index contributed by atoms with van der Waals surface area (Å²) in [6.45, 7) is -0.0503. The standard InChI is InChI=1S/C17H20ClN3O2/c1-21(2)17(23)13-9-15(18)16(19-10-13)20-14(11-22)8-12-6-4-3-5-7-12/h3-7,9-10,14,22H,8,11H2,1-2H3,(H,19,20)/t14-/m0/s1. The molecule has 2 N–H and O–H groups in total. The fourth-order valence-electron chi connectivity index (χ4n) is 2.17. The zero-order chi connectivity index (χ0) is 16.8. The van der Waals surface area contributed by atoms with Gasteiger partial charge in [-0.3, -0.25) is 4.79 Å². The molecule has 1 aromatic carbocycles. The summed E-state index contributed by atoms with van der Waals surface area (Å²) in [5.74, 6) is 0.297. The molecule has 1 heterocycles. The van der Waals surface area contributed by atoms with Crippen molar-refractivity contribution in [3.05, 3.63) is 58.7 Å². The summed E-state index contributed by atoms with van der Waals surface area (Å²) in [7, 11) is 3.34. The molecule has 5 nitrogen and oxygen atoms in total. The minimum Gasteiger partial charge on any atom is -0.394 e. The van der Waals surface area contributed by atoms with E-state index in [0.29, 0.717) is 22.8 Å². The number of hydrogen-bond donors (Lipinski definition) is 2. The van der Waals surface area contributed by atoms with Gasteiger partial charge in [-0.1, -0.05) is 41.9 Å². The number of pyridine rings is 1. The summed E-state index contributed by atoms with van der Waals surface area (Å²) in [6, 6.07) is 11.2. The molecule has 2 rings (SSSR count). The highest BCUT2D eigenvalue weighted by molar-refractivity contribution is 6.33. The van der Waals surface area contributed by atoms with E-state index in [2.05, 4.69) is 10.3 Å². The highest BCUT2D eigenvalue weighted by atomic mass is 35.5. The summed E-state index contributed by atoms with van der Waals surface area (Å²) in [4.78, 5) is 17.6. The van der Waals surface area contributed by atoms with Crippen LogP contribution in [0.5, 0.6) is 0 Å². The molecule has 0 aliphatic carbocycles. The van der Waals surface area contributed by atoms with Crippen molar-refractivity contribution in [2.45, 2.75) is 12.5 Å². The van der Waals surface area contributed by atoms with Crippen LogP contribution in [0, 0.1) is 0 Å². The lowest BCUT2D eigenvalue weighted by atomic mass is 10.1. The number of rotatable bonds is 6. The van der Waals surface area contributed by atoms with E-state index < -0.39 is 0 Å². The molecule has 0 unspecified atom stereocenters. The van der Waals surface area contributed by atoms with Gasteiger partial charge in [-0.25, -0.2) is 4.98 Å². The van der Waals surface area contributed by atoms with Gasteiger partial charge in [0.2, 0.25) is 0 Å². The largest absolute Gasteiger partial charge is 0.394 e. The number of halogens is 1. The molecule has 0 saturated carbocycles. The Morgan fingerprint density at radius 1 is 1.35 bits per heavy atom. The Labute approximate surface area is 140 Å². The molecule has 0 radical (unpaired) electrons. The van der Waals surface area contributed by atoms with E-state index in [0.717, 1.165) is 5.56 Å². The third-order valence-electron chi connectivity index (χ3n) is 3.38. The number of aliphatic hydroxyl groups is 1. The predicted molar refractivity (Wildman–Crippen MR) is 91.9 cm³/mol. The molecule has 122 valence electrons. The molecule has 23 heavy (non-hydrogen) atoms. The minimum atomic E-state index is -0.210. The summed E-state index contributed by atoms with van der Waals surface area (Å²) in [5.41, 5.74) is 1.53. The molecular formula is C17H20ClN3O2. The van der Waals surface area contributed by atoms with Crippen molar-refractivity contribution in [3.8, 4) is 0 Å². The van der Waals surface area contributed by atoms with E-state index in [4.69, 9.17) is 11.6 Å². The van der Waals surface area contributed by atoms with Crippen LogP contribution >= 0.6 is 11.6 Å². The highest BCUT2D eigenvalue weighted by Gasteiger charge is 2.14. The van der Waals surface area contributed by atoms with Crippen LogP contribution in [0.25, 0.3) is 0 Å². The Bertz CT molecular complexity index is 662. The van der Waals surface area contributed by atoms with Gasteiger partial charge in [-0.2, -0.15) is 0 Å². The third kappa shape index (κ3) is 4.68. The SMILES string of the molecule is CN(C)C(=O)c1cnc(N[C@H](CO)Cc2ccccc2)c(Cl)c1. The monoisotopic (exact) mass is 333 g/mol. The second-order valence-corrected chi connectivity index (χ2v) is 5.87. The second-order valence-electron chi connectivity index (χ2n) is 5.47. The van der Waals surface area contributed by atoms with E-state index in [-0.39, 0.29) is 18.6 Å². The van der Waals surface area contributed by atoms with Crippen LogP contribution in [0.2, 0.25) is 5.02 Å². The van der Waals surface area contributed by atoms with Gasteiger partial charge in [0.15, 0.2) is 0 Å².